The van der Waals surface area contributed by atoms with Crippen LogP contribution in [0.3, 0.4) is 0 Å². The summed E-state index contributed by atoms with van der Waals surface area (Å²) in [7, 11) is 5.73. The van der Waals surface area contributed by atoms with Gasteiger partial charge in [-0.2, -0.15) is 4.98 Å². The number of ether oxygens (including phenoxy) is 1. The zero-order valence-corrected chi connectivity index (χ0v) is 13.9. The van der Waals surface area contributed by atoms with Crippen molar-refractivity contribution in [1.29, 1.82) is 0 Å². The van der Waals surface area contributed by atoms with Gasteiger partial charge in [-0.1, -0.05) is 24.7 Å². The zero-order chi connectivity index (χ0) is 14.5. The molecule has 0 aliphatic heterocycles. The highest BCUT2D eigenvalue weighted by Gasteiger charge is 2.20. The third-order valence-corrected chi connectivity index (χ3v) is 5.41. The van der Waals surface area contributed by atoms with Gasteiger partial charge >= 0.3 is 0 Å². The van der Waals surface area contributed by atoms with Crippen molar-refractivity contribution in [3.05, 3.63) is 4.88 Å². The molecule has 0 atom stereocenters. The number of hydrogen-bond acceptors (Lipinski definition) is 5. The lowest BCUT2D eigenvalue weighted by Gasteiger charge is -2.28. The molecule has 1 aromatic heterocycles. The molecule has 1 aliphatic carbocycles. The Labute approximate surface area is 126 Å². The highest BCUT2D eigenvalue weighted by molar-refractivity contribution is 7.15. The van der Waals surface area contributed by atoms with Gasteiger partial charge in [-0.05, 0) is 31.6 Å². The van der Waals surface area contributed by atoms with E-state index in [-0.39, 0.29) is 0 Å². The van der Waals surface area contributed by atoms with Crippen molar-refractivity contribution in [2.75, 3.05) is 26.1 Å². The number of anilines is 1. The summed E-state index contributed by atoms with van der Waals surface area (Å²) in [6.07, 6.45) is 6.69. The van der Waals surface area contributed by atoms with Crippen molar-refractivity contribution >= 4 is 16.5 Å². The average molecular weight is 297 g/mol. The minimum absolute atomic E-state index is 0.660. The molecule has 0 spiro atoms. The average Bonchev–Trinajstić information content (AvgIpc) is 2.89. The Bertz CT molecular complexity index is 411. The van der Waals surface area contributed by atoms with Crippen LogP contribution in [-0.4, -0.2) is 32.2 Å². The van der Waals surface area contributed by atoms with Crippen LogP contribution in [-0.2, 0) is 6.54 Å². The number of thiazole rings is 1. The van der Waals surface area contributed by atoms with E-state index >= 15 is 0 Å². The number of rotatable bonds is 6. The molecule has 5 heteroatoms. The van der Waals surface area contributed by atoms with Gasteiger partial charge in [0.15, 0.2) is 5.13 Å². The smallest absolute Gasteiger partial charge is 0.230 e. The minimum Gasteiger partial charge on any atom is -0.480 e. The number of aromatic nitrogens is 1. The molecule has 0 radical (unpaired) electrons. The van der Waals surface area contributed by atoms with E-state index in [9.17, 15) is 0 Å². The van der Waals surface area contributed by atoms with E-state index < -0.39 is 0 Å². The summed E-state index contributed by atoms with van der Waals surface area (Å²) in [5.74, 6) is 1.72. The van der Waals surface area contributed by atoms with Crippen LogP contribution in [0.15, 0.2) is 0 Å². The fourth-order valence-corrected chi connectivity index (χ4v) is 3.70. The summed E-state index contributed by atoms with van der Waals surface area (Å²) >= 11 is 1.71. The van der Waals surface area contributed by atoms with Crippen LogP contribution in [0.5, 0.6) is 5.88 Å². The first-order chi connectivity index (χ1) is 9.63. The van der Waals surface area contributed by atoms with Crippen LogP contribution in [0.4, 0.5) is 5.13 Å². The summed E-state index contributed by atoms with van der Waals surface area (Å²) in [5, 5.41) is 4.69. The molecule has 0 saturated heterocycles. The number of methoxy groups -OCH3 is 1. The summed E-state index contributed by atoms with van der Waals surface area (Å²) in [6.45, 7) is 3.18. The normalized spacial score (nSPS) is 22.8. The van der Waals surface area contributed by atoms with Gasteiger partial charge in [0.2, 0.25) is 5.88 Å². The molecule has 20 heavy (non-hydrogen) atoms. The van der Waals surface area contributed by atoms with E-state index in [2.05, 4.69) is 17.2 Å². The lowest BCUT2D eigenvalue weighted by Crippen LogP contribution is -2.32. The fourth-order valence-electron chi connectivity index (χ4n) is 2.80. The lowest BCUT2D eigenvalue weighted by molar-refractivity contribution is 0.284. The minimum atomic E-state index is 0.660. The number of nitrogens with zero attached hydrogens (tertiary/aromatic N) is 2. The van der Waals surface area contributed by atoms with Crippen LogP contribution >= 0.6 is 11.3 Å². The van der Waals surface area contributed by atoms with Crippen LogP contribution in [0, 0.1) is 5.92 Å². The Kier molecular flexibility index (Phi) is 5.66. The molecule has 4 nitrogen and oxygen atoms in total. The van der Waals surface area contributed by atoms with Gasteiger partial charge < -0.3 is 15.0 Å². The second-order valence-corrected chi connectivity index (χ2v) is 6.89. The maximum absolute atomic E-state index is 5.38. The summed E-state index contributed by atoms with van der Waals surface area (Å²) in [6, 6.07) is 0.660. The molecule has 1 aliphatic rings. The molecule has 0 aromatic carbocycles. The highest BCUT2D eigenvalue weighted by Crippen LogP contribution is 2.31. The van der Waals surface area contributed by atoms with Gasteiger partial charge in [0.1, 0.15) is 0 Å². The Balaban J connectivity index is 1.87. The van der Waals surface area contributed by atoms with Gasteiger partial charge in [0, 0.05) is 26.7 Å². The molecule has 1 aromatic rings. The molecule has 0 amide bonds. The first-order valence-corrected chi connectivity index (χ1v) is 8.40. The van der Waals surface area contributed by atoms with Gasteiger partial charge in [-0.3, -0.25) is 0 Å². The summed E-state index contributed by atoms with van der Waals surface area (Å²) in [4.78, 5) is 7.73. The third kappa shape index (κ3) is 3.85. The van der Waals surface area contributed by atoms with Gasteiger partial charge in [-0.25, -0.2) is 0 Å². The molecular weight excluding hydrogens is 270 g/mol. The summed E-state index contributed by atoms with van der Waals surface area (Å²) < 4.78 is 5.38. The quantitative estimate of drug-likeness (QED) is 0.874. The maximum Gasteiger partial charge on any atom is 0.230 e. The largest absolute Gasteiger partial charge is 0.480 e. The Hall–Kier alpha value is -0.810. The monoisotopic (exact) mass is 297 g/mol. The Morgan fingerprint density at radius 2 is 2.00 bits per heavy atom. The second kappa shape index (κ2) is 7.27. The molecule has 0 unspecified atom stereocenters. The SMILES string of the molecule is CCC1CCC(NCc2sc(N(C)C)nc2OC)CC1. The van der Waals surface area contributed by atoms with Crippen molar-refractivity contribution in [3.63, 3.8) is 0 Å². The second-order valence-electron chi connectivity index (χ2n) is 5.83. The molecule has 2 rings (SSSR count). The standard InChI is InChI=1S/C15H27N3OS/c1-5-11-6-8-12(9-7-11)16-10-13-14(19-4)17-15(20-13)18(2)3/h11-12,16H,5-10H2,1-4H3. The van der Waals surface area contributed by atoms with Crippen LogP contribution in [0.25, 0.3) is 0 Å². The first kappa shape index (κ1) is 15.6. The van der Waals surface area contributed by atoms with Crippen LogP contribution in [0.1, 0.15) is 43.9 Å². The molecule has 1 N–H and O–H groups in total. The Morgan fingerprint density at radius 1 is 1.30 bits per heavy atom. The number of nitrogens with one attached hydrogen (secondary N) is 1. The predicted octanol–water partition coefficient (Wildman–Crippen LogP) is 3.28. The maximum atomic E-state index is 5.38. The van der Waals surface area contributed by atoms with E-state index in [0.29, 0.717) is 6.04 Å². The predicted molar refractivity (Wildman–Crippen MR) is 85.9 cm³/mol. The highest BCUT2D eigenvalue weighted by atomic mass is 32.1. The Morgan fingerprint density at radius 3 is 2.55 bits per heavy atom. The van der Waals surface area contributed by atoms with E-state index in [4.69, 9.17) is 4.74 Å². The van der Waals surface area contributed by atoms with E-state index in [1.54, 1.807) is 18.4 Å². The first-order valence-electron chi connectivity index (χ1n) is 7.58. The van der Waals surface area contributed by atoms with Crippen molar-refractivity contribution in [1.82, 2.24) is 10.3 Å². The topological polar surface area (TPSA) is 37.4 Å². The molecule has 1 fully saturated rings. The van der Waals surface area contributed by atoms with E-state index in [0.717, 1.165) is 23.5 Å². The van der Waals surface area contributed by atoms with Crippen molar-refractivity contribution in [2.24, 2.45) is 5.92 Å². The van der Waals surface area contributed by atoms with E-state index in [1.807, 2.05) is 19.0 Å². The van der Waals surface area contributed by atoms with Crippen molar-refractivity contribution < 1.29 is 4.74 Å². The summed E-state index contributed by atoms with van der Waals surface area (Å²) in [5.41, 5.74) is 0. The fraction of sp³-hybridized carbons (Fsp3) is 0.800. The van der Waals surface area contributed by atoms with Gasteiger partial charge in [0.25, 0.3) is 0 Å². The lowest BCUT2D eigenvalue weighted by atomic mass is 9.84. The number of hydrogen-bond donors (Lipinski definition) is 1. The van der Waals surface area contributed by atoms with Gasteiger partial charge in [-0.15, -0.1) is 0 Å². The van der Waals surface area contributed by atoms with Gasteiger partial charge in [0.05, 0.1) is 12.0 Å². The third-order valence-electron chi connectivity index (χ3n) is 4.20. The van der Waals surface area contributed by atoms with Crippen LogP contribution < -0.4 is 15.0 Å². The molecule has 1 saturated carbocycles. The molecule has 0 bridgehead atoms. The molecule has 114 valence electrons. The molecular formula is C15H27N3OS. The van der Waals surface area contributed by atoms with E-state index in [1.165, 1.54) is 37.0 Å². The zero-order valence-electron chi connectivity index (χ0n) is 13.1. The van der Waals surface area contributed by atoms with Crippen LogP contribution in [0.2, 0.25) is 0 Å². The van der Waals surface area contributed by atoms with Crippen molar-refractivity contribution in [3.8, 4) is 5.88 Å². The molecule has 1 heterocycles. The van der Waals surface area contributed by atoms with Crippen molar-refractivity contribution in [2.45, 2.75) is 51.6 Å².